The largest absolute Gasteiger partial charge is 0.389 e. The SMILES string of the molecule is CNC(=O)C1CCCN(CC(O)COCc2ccc(Cl)cc2)C1. The number of ether oxygens (including phenoxy) is 1. The molecule has 1 aliphatic heterocycles. The van der Waals surface area contributed by atoms with Crippen LogP contribution in [0.15, 0.2) is 24.3 Å². The lowest BCUT2D eigenvalue weighted by Gasteiger charge is -2.32. The Morgan fingerprint density at radius 3 is 2.91 bits per heavy atom. The number of hydrogen-bond donors (Lipinski definition) is 2. The van der Waals surface area contributed by atoms with Crippen LogP contribution >= 0.6 is 11.6 Å². The molecular formula is C17H25ClN2O3. The molecular weight excluding hydrogens is 316 g/mol. The summed E-state index contributed by atoms with van der Waals surface area (Å²) in [6.45, 7) is 2.89. The van der Waals surface area contributed by atoms with Crippen LogP contribution in [0.5, 0.6) is 0 Å². The number of benzene rings is 1. The molecule has 1 aliphatic rings. The van der Waals surface area contributed by atoms with Gasteiger partial charge in [-0.2, -0.15) is 0 Å². The van der Waals surface area contributed by atoms with Crippen molar-refractivity contribution in [1.82, 2.24) is 10.2 Å². The number of carbonyl (C=O) groups excluding carboxylic acids is 1. The second kappa shape index (κ2) is 9.23. The van der Waals surface area contributed by atoms with E-state index in [-0.39, 0.29) is 18.4 Å². The van der Waals surface area contributed by atoms with Gasteiger partial charge in [-0.15, -0.1) is 0 Å². The van der Waals surface area contributed by atoms with Crippen LogP contribution in [0.1, 0.15) is 18.4 Å². The van der Waals surface area contributed by atoms with Crippen LogP contribution in [-0.4, -0.2) is 55.3 Å². The highest BCUT2D eigenvalue weighted by Crippen LogP contribution is 2.17. The Balaban J connectivity index is 1.68. The third-order valence-corrected chi connectivity index (χ3v) is 4.34. The van der Waals surface area contributed by atoms with Crippen LogP contribution in [0.25, 0.3) is 0 Å². The van der Waals surface area contributed by atoms with Crippen LogP contribution < -0.4 is 5.32 Å². The van der Waals surface area contributed by atoms with E-state index in [1.54, 1.807) is 7.05 Å². The van der Waals surface area contributed by atoms with Crippen molar-refractivity contribution in [2.75, 3.05) is 33.3 Å². The molecule has 23 heavy (non-hydrogen) atoms. The third kappa shape index (κ3) is 6.11. The summed E-state index contributed by atoms with van der Waals surface area (Å²) in [6.07, 6.45) is 1.35. The van der Waals surface area contributed by atoms with E-state index in [0.29, 0.717) is 24.7 Å². The fourth-order valence-corrected chi connectivity index (χ4v) is 3.01. The summed E-state index contributed by atoms with van der Waals surface area (Å²) in [4.78, 5) is 13.9. The number of rotatable bonds is 7. The number of amides is 1. The maximum atomic E-state index is 11.7. The average Bonchev–Trinajstić information content (AvgIpc) is 2.56. The highest BCUT2D eigenvalue weighted by Gasteiger charge is 2.26. The molecule has 1 aromatic rings. The molecule has 0 bridgehead atoms. The van der Waals surface area contributed by atoms with Crippen molar-refractivity contribution in [3.63, 3.8) is 0 Å². The fourth-order valence-electron chi connectivity index (χ4n) is 2.88. The van der Waals surface area contributed by atoms with Crippen molar-refractivity contribution in [2.45, 2.75) is 25.6 Å². The summed E-state index contributed by atoms with van der Waals surface area (Å²) in [6, 6.07) is 7.47. The summed E-state index contributed by atoms with van der Waals surface area (Å²) in [5.74, 6) is 0.110. The Hall–Kier alpha value is -1.14. The molecule has 1 heterocycles. The molecule has 0 spiro atoms. The summed E-state index contributed by atoms with van der Waals surface area (Å²) in [7, 11) is 1.67. The van der Waals surface area contributed by atoms with Crippen LogP contribution in [0.3, 0.4) is 0 Å². The Morgan fingerprint density at radius 2 is 2.22 bits per heavy atom. The number of aliphatic hydroxyl groups is 1. The van der Waals surface area contributed by atoms with Gasteiger partial charge in [0.1, 0.15) is 0 Å². The van der Waals surface area contributed by atoms with E-state index in [4.69, 9.17) is 16.3 Å². The minimum absolute atomic E-state index is 0.0240. The van der Waals surface area contributed by atoms with Crippen LogP contribution in [-0.2, 0) is 16.1 Å². The van der Waals surface area contributed by atoms with Crippen LogP contribution in [0, 0.1) is 5.92 Å². The van der Waals surface area contributed by atoms with Crippen molar-refractivity contribution in [1.29, 1.82) is 0 Å². The molecule has 2 rings (SSSR count). The first kappa shape index (κ1) is 18.2. The molecule has 1 aromatic carbocycles. The van der Waals surface area contributed by atoms with Crippen molar-refractivity contribution in [2.24, 2.45) is 5.92 Å². The number of nitrogens with zero attached hydrogens (tertiary/aromatic N) is 1. The van der Waals surface area contributed by atoms with E-state index in [2.05, 4.69) is 10.2 Å². The zero-order valence-electron chi connectivity index (χ0n) is 13.5. The van der Waals surface area contributed by atoms with Crippen molar-refractivity contribution >= 4 is 17.5 Å². The second-order valence-electron chi connectivity index (χ2n) is 6.01. The second-order valence-corrected chi connectivity index (χ2v) is 6.44. The van der Waals surface area contributed by atoms with Gasteiger partial charge in [0, 0.05) is 25.2 Å². The molecule has 0 aromatic heterocycles. The Kier molecular flexibility index (Phi) is 7.30. The first-order valence-corrected chi connectivity index (χ1v) is 8.40. The molecule has 2 N–H and O–H groups in total. The summed E-state index contributed by atoms with van der Waals surface area (Å²) >= 11 is 5.83. The number of piperidine rings is 1. The normalized spacial score (nSPS) is 20.2. The van der Waals surface area contributed by atoms with Gasteiger partial charge in [0.05, 0.1) is 25.2 Å². The lowest BCUT2D eigenvalue weighted by Crippen LogP contribution is -2.45. The first-order chi connectivity index (χ1) is 11.1. The predicted octanol–water partition coefficient (Wildman–Crippen LogP) is 1.68. The van der Waals surface area contributed by atoms with Gasteiger partial charge >= 0.3 is 0 Å². The number of β-amino-alcohol motifs (C(OH)–C–C–N with tert-alkyl or cyclic N) is 1. The zero-order chi connectivity index (χ0) is 16.7. The molecule has 128 valence electrons. The molecule has 5 nitrogen and oxygen atoms in total. The van der Waals surface area contributed by atoms with Crippen LogP contribution in [0.2, 0.25) is 5.02 Å². The third-order valence-electron chi connectivity index (χ3n) is 4.08. The minimum atomic E-state index is -0.550. The number of halogens is 1. The smallest absolute Gasteiger partial charge is 0.224 e. The Morgan fingerprint density at radius 1 is 1.48 bits per heavy atom. The quantitative estimate of drug-likeness (QED) is 0.792. The number of carbonyl (C=O) groups is 1. The fraction of sp³-hybridized carbons (Fsp3) is 0.588. The highest BCUT2D eigenvalue weighted by molar-refractivity contribution is 6.30. The standard InChI is InChI=1S/C17H25ClN2O3/c1-19-17(22)14-3-2-8-20(9-14)10-16(21)12-23-11-13-4-6-15(18)7-5-13/h4-7,14,16,21H,2-3,8-12H2,1H3,(H,19,22). The Labute approximate surface area is 142 Å². The number of hydrogen-bond acceptors (Lipinski definition) is 4. The van der Waals surface area contributed by atoms with Crippen LogP contribution in [0.4, 0.5) is 0 Å². The van der Waals surface area contributed by atoms with E-state index in [9.17, 15) is 9.90 Å². The zero-order valence-corrected chi connectivity index (χ0v) is 14.3. The molecule has 1 fully saturated rings. The van der Waals surface area contributed by atoms with Crippen molar-refractivity contribution in [3.8, 4) is 0 Å². The molecule has 6 heteroatoms. The Bertz CT molecular complexity index is 495. The van der Waals surface area contributed by atoms with E-state index in [1.165, 1.54) is 0 Å². The molecule has 0 aliphatic carbocycles. The van der Waals surface area contributed by atoms with E-state index >= 15 is 0 Å². The summed E-state index contributed by atoms with van der Waals surface area (Å²) in [5.41, 5.74) is 1.03. The maximum Gasteiger partial charge on any atom is 0.224 e. The first-order valence-electron chi connectivity index (χ1n) is 8.02. The molecule has 1 amide bonds. The van der Waals surface area contributed by atoms with Crippen molar-refractivity contribution in [3.05, 3.63) is 34.9 Å². The van der Waals surface area contributed by atoms with Gasteiger partial charge in [-0.1, -0.05) is 23.7 Å². The van der Waals surface area contributed by atoms with E-state index < -0.39 is 6.10 Å². The monoisotopic (exact) mass is 340 g/mol. The molecule has 0 saturated carbocycles. The predicted molar refractivity (Wildman–Crippen MR) is 90.3 cm³/mol. The average molecular weight is 341 g/mol. The van der Waals surface area contributed by atoms with Crippen molar-refractivity contribution < 1.29 is 14.6 Å². The molecule has 2 atom stereocenters. The highest BCUT2D eigenvalue weighted by atomic mass is 35.5. The van der Waals surface area contributed by atoms with E-state index in [1.807, 2.05) is 24.3 Å². The van der Waals surface area contributed by atoms with Gasteiger partial charge in [-0.25, -0.2) is 0 Å². The number of aliphatic hydroxyl groups excluding tert-OH is 1. The van der Waals surface area contributed by atoms with Gasteiger partial charge in [0.15, 0.2) is 0 Å². The molecule has 2 unspecified atom stereocenters. The lowest BCUT2D eigenvalue weighted by molar-refractivity contribution is -0.126. The van der Waals surface area contributed by atoms with E-state index in [0.717, 1.165) is 24.9 Å². The summed E-state index contributed by atoms with van der Waals surface area (Å²) < 4.78 is 5.56. The lowest BCUT2D eigenvalue weighted by atomic mass is 9.97. The van der Waals surface area contributed by atoms with Gasteiger partial charge < -0.3 is 15.2 Å². The summed E-state index contributed by atoms with van der Waals surface area (Å²) in [5, 5.41) is 13.5. The molecule has 0 radical (unpaired) electrons. The maximum absolute atomic E-state index is 11.7. The van der Waals surface area contributed by atoms with Gasteiger partial charge in [-0.3, -0.25) is 9.69 Å². The van der Waals surface area contributed by atoms with Gasteiger partial charge in [-0.05, 0) is 37.1 Å². The number of nitrogens with one attached hydrogen (secondary N) is 1. The molecule has 1 saturated heterocycles. The minimum Gasteiger partial charge on any atom is -0.389 e. The topological polar surface area (TPSA) is 61.8 Å². The number of likely N-dealkylation sites (tertiary alicyclic amines) is 1. The van der Waals surface area contributed by atoms with Gasteiger partial charge in [0.25, 0.3) is 0 Å². The van der Waals surface area contributed by atoms with Gasteiger partial charge in [0.2, 0.25) is 5.91 Å².